The molecule has 126 valence electrons. The third-order valence-electron chi connectivity index (χ3n) is 3.82. The Morgan fingerprint density at radius 1 is 1.27 bits per heavy atom. The first-order chi connectivity index (χ1) is 9.87. The average molecular weight is 347 g/mol. The van der Waals surface area contributed by atoms with Gasteiger partial charge in [-0.3, -0.25) is 0 Å². The van der Waals surface area contributed by atoms with Gasteiger partial charge in [0.2, 0.25) is 10.0 Å². The van der Waals surface area contributed by atoms with Gasteiger partial charge in [-0.05, 0) is 56.3 Å². The van der Waals surface area contributed by atoms with Crippen molar-refractivity contribution in [3.05, 3.63) is 29.8 Å². The highest BCUT2D eigenvalue weighted by Crippen LogP contribution is 2.16. The molecule has 1 saturated heterocycles. The molecule has 6 heteroatoms. The molecule has 0 aromatic heterocycles. The van der Waals surface area contributed by atoms with Crippen molar-refractivity contribution in [3.8, 4) is 0 Å². The van der Waals surface area contributed by atoms with E-state index in [1.165, 1.54) is 5.56 Å². The maximum Gasteiger partial charge on any atom is 0.240 e. The molecule has 2 unspecified atom stereocenters. The predicted octanol–water partition coefficient (Wildman–Crippen LogP) is 2.73. The molecule has 2 atom stereocenters. The molecule has 1 aromatic rings. The van der Waals surface area contributed by atoms with Crippen molar-refractivity contribution in [2.24, 2.45) is 5.92 Å². The average Bonchev–Trinajstić information content (AvgIpc) is 2.38. The Kier molecular flexibility index (Phi) is 7.32. The van der Waals surface area contributed by atoms with Gasteiger partial charge in [-0.2, -0.15) is 0 Å². The van der Waals surface area contributed by atoms with Crippen molar-refractivity contribution in [2.45, 2.75) is 57.0 Å². The third kappa shape index (κ3) is 5.54. The molecule has 2 N–H and O–H groups in total. The van der Waals surface area contributed by atoms with Gasteiger partial charge in [0, 0.05) is 12.1 Å². The predicted molar refractivity (Wildman–Crippen MR) is 93.0 cm³/mol. The zero-order valence-electron chi connectivity index (χ0n) is 13.5. The summed E-state index contributed by atoms with van der Waals surface area (Å²) < 4.78 is 27.7. The van der Waals surface area contributed by atoms with Crippen molar-refractivity contribution in [1.82, 2.24) is 10.0 Å². The standard InChI is InChI=1S/C16H26N2O2S.ClH/c1-12(2)10-14-4-6-16(7-5-14)21(19,20)18-15-8-9-17-13(3)11-15;/h4-7,12-13,15,17-18H,8-11H2,1-3H3;1H. The monoisotopic (exact) mass is 346 g/mol. The van der Waals surface area contributed by atoms with Gasteiger partial charge in [0.1, 0.15) is 0 Å². The first-order valence-electron chi connectivity index (χ1n) is 7.71. The third-order valence-corrected chi connectivity index (χ3v) is 5.36. The number of rotatable bonds is 5. The van der Waals surface area contributed by atoms with Crippen LogP contribution in [-0.4, -0.2) is 27.0 Å². The Morgan fingerprint density at radius 2 is 1.91 bits per heavy atom. The number of hydrogen-bond donors (Lipinski definition) is 2. The molecule has 0 aliphatic carbocycles. The van der Waals surface area contributed by atoms with E-state index in [-0.39, 0.29) is 18.4 Å². The minimum absolute atomic E-state index is 0. The second-order valence-electron chi connectivity index (χ2n) is 6.44. The van der Waals surface area contributed by atoms with Crippen LogP contribution in [0.25, 0.3) is 0 Å². The SMILES string of the molecule is CC(C)Cc1ccc(S(=O)(=O)NC2CCNC(C)C2)cc1.Cl. The summed E-state index contributed by atoms with van der Waals surface area (Å²) in [6.07, 6.45) is 2.65. The van der Waals surface area contributed by atoms with Crippen molar-refractivity contribution in [1.29, 1.82) is 0 Å². The zero-order chi connectivity index (χ0) is 15.5. The number of nitrogens with one attached hydrogen (secondary N) is 2. The molecule has 0 spiro atoms. The zero-order valence-corrected chi connectivity index (χ0v) is 15.1. The largest absolute Gasteiger partial charge is 0.314 e. The highest BCUT2D eigenvalue weighted by atomic mass is 35.5. The smallest absolute Gasteiger partial charge is 0.240 e. The molecule has 0 bridgehead atoms. The van der Waals surface area contributed by atoms with Crippen molar-refractivity contribution < 1.29 is 8.42 Å². The first kappa shape index (κ1) is 19.4. The number of benzene rings is 1. The van der Waals surface area contributed by atoms with Gasteiger partial charge in [0.05, 0.1) is 4.90 Å². The molecule has 1 aliphatic rings. The maximum absolute atomic E-state index is 12.4. The van der Waals surface area contributed by atoms with E-state index in [1.807, 2.05) is 12.1 Å². The molecule has 22 heavy (non-hydrogen) atoms. The molecule has 0 radical (unpaired) electrons. The van der Waals surface area contributed by atoms with Crippen LogP contribution < -0.4 is 10.0 Å². The Hall–Kier alpha value is -0.620. The molecule has 1 aliphatic heterocycles. The maximum atomic E-state index is 12.4. The van der Waals surface area contributed by atoms with E-state index >= 15 is 0 Å². The Labute approximate surface area is 140 Å². The summed E-state index contributed by atoms with van der Waals surface area (Å²) in [5.41, 5.74) is 1.18. The van der Waals surface area contributed by atoms with Gasteiger partial charge in [-0.15, -0.1) is 12.4 Å². The molecular formula is C16H27ClN2O2S. The highest BCUT2D eigenvalue weighted by Gasteiger charge is 2.24. The highest BCUT2D eigenvalue weighted by molar-refractivity contribution is 7.89. The minimum atomic E-state index is -3.41. The fourth-order valence-corrected chi connectivity index (χ4v) is 4.09. The fraction of sp³-hybridized carbons (Fsp3) is 0.625. The quantitative estimate of drug-likeness (QED) is 0.861. The van der Waals surface area contributed by atoms with E-state index < -0.39 is 10.0 Å². The van der Waals surface area contributed by atoms with E-state index in [1.54, 1.807) is 12.1 Å². The van der Waals surface area contributed by atoms with Gasteiger partial charge < -0.3 is 5.32 Å². The lowest BCUT2D eigenvalue weighted by molar-refractivity contribution is 0.361. The first-order valence-corrected chi connectivity index (χ1v) is 9.20. The van der Waals surface area contributed by atoms with E-state index in [9.17, 15) is 8.42 Å². The van der Waals surface area contributed by atoms with Crippen molar-refractivity contribution >= 4 is 22.4 Å². The van der Waals surface area contributed by atoms with E-state index in [4.69, 9.17) is 0 Å². The minimum Gasteiger partial charge on any atom is -0.314 e. The molecule has 0 amide bonds. The van der Waals surface area contributed by atoms with Crippen LogP contribution in [0.5, 0.6) is 0 Å². The lowest BCUT2D eigenvalue weighted by Crippen LogP contribution is -2.46. The lowest BCUT2D eigenvalue weighted by atomic mass is 10.0. The van der Waals surface area contributed by atoms with Crippen LogP contribution in [0.4, 0.5) is 0 Å². The van der Waals surface area contributed by atoms with E-state index in [0.29, 0.717) is 16.9 Å². The van der Waals surface area contributed by atoms with E-state index in [0.717, 1.165) is 25.8 Å². The van der Waals surface area contributed by atoms with Gasteiger partial charge >= 0.3 is 0 Å². The van der Waals surface area contributed by atoms with Crippen LogP contribution in [0.3, 0.4) is 0 Å². The van der Waals surface area contributed by atoms with Crippen LogP contribution >= 0.6 is 12.4 Å². The van der Waals surface area contributed by atoms with Crippen LogP contribution in [0.2, 0.25) is 0 Å². The van der Waals surface area contributed by atoms with Gasteiger partial charge in [-0.25, -0.2) is 13.1 Å². The summed E-state index contributed by atoms with van der Waals surface area (Å²) in [7, 11) is -3.41. The molecule has 1 aromatic carbocycles. The van der Waals surface area contributed by atoms with Gasteiger partial charge in [0.25, 0.3) is 0 Å². The van der Waals surface area contributed by atoms with Gasteiger partial charge in [-0.1, -0.05) is 26.0 Å². The van der Waals surface area contributed by atoms with Gasteiger partial charge in [0.15, 0.2) is 0 Å². The number of halogens is 1. The second kappa shape index (κ2) is 8.29. The molecule has 4 nitrogen and oxygen atoms in total. The summed E-state index contributed by atoms with van der Waals surface area (Å²) in [5, 5.41) is 3.33. The normalized spacial score (nSPS) is 22.4. The number of sulfonamides is 1. The summed E-state index contributed by atoms with van der Waals surface area (Å²) in [5.74, 6) is 0.571. The number of piperidine rings is 1. The van der Waals surface area contributed by atoms with Crippen LogP contribution in [0.1, 0.15) is 39.2 Å². The Balaban J connectivity index is 0.00000242. The molecule has 1 heterocycles. The van der Waals surface area contributed by atoms with Crippen LogP contribution in [-0.2, 0) is 16.4 Å². The molecule has 2 rings (SSSR count). The summed E-state index contributed by atoms with van der Waals surface area (Å²) in [6.45, 7) is 7.26. The molecule has 1 fully saturated rings. The number of hydrogen-bond acceptors (Lipinski definition) is 3. The topological polar surface area (TPSA) is 58.2 Å². The lowest BCUT2D eigenvalue weighted by Gasteiger charge is -2.28. The summed E-state index contributed by atoms with van der Waals surface area (Å²) in [4.78, 5) is 0.362. The van der Waals surface area contributed by atoms with Crippen molar-refractivity contribution in [3.63, 3.8) is 0 Å². The Morgan fingerprint density at radius 3 is 2.45 bits per heavy atom. The molecule has 0 saturated carbocycles. The van der Waals surface area contributed by atoms with E-state index in [2.05, 4.69) is 30.8 Å². The Bertz CT molecular complexity index is 558. The van der Waals surface area contributed by atoms with Crippen molar-refractivity contribution in [2.75, 3.05) is 6.54 Å². The van der Waals surface area contributed by atoms with Crippen LogP contribution in [0.15, 0.2) is 29.2 Å². The fourth-order valence-electron chi connectivity index (χ4n) is 2.80. The second-order valence-corrected chi connectivity index (χ2v) is 8.15. The summed E-state index contributed by atoms with van der Waals surface area (Å²) in [6, 6.07) is 7.65. The van der Waals surface area contributed by atoms with Crippen LogP contribution in [0, 0.1) is 5.92 Å². The molecular weight excluding hydrogens is 320 g/mol. The summed E-state index contributed by atoms with van der Waals surface area (Å²) >= 11 is 0.